The number of halogens is 2. The van der Waals surface area contributed by atoms with Crippen molar-refractivity contribution < 1.29 is 8.42 Å². The van der Waals surface area contributed by atoms with Crippen molar-refractivity contribution in [1.29, 1.82) is 0 Å². The maximum absolute atomic E-state index is 12.2. The lowest BCUT2D eigenvalue weighted by Gasteiger charge is -2.16. The molecule has 0 aliphatic rings. The van der Waals surface area contributed by atoms with Crippen LogP contribution >= 0.6 is 35.0 Å². The third-order valence-corrected chi connectivity index (χ3v) is 5.40. The van der Waals surface area contributed by atoms with Gasteiger partial charge in [-0.1, -0.05) is 23.2 Å². The number of hydrogen-bond donors (Lipinski definition) is 2. The molecule has 0 aliphatic carbocycles. The summed E-state index contributed by atoms with van der Waals surface area (Å²) in [6, 6.07) is 2.54. The lowest BCUT2D eigenvalue weighted by molar-refractivity contribution is 0.557. The lowest BCUT2D eigenvalue weighted by atomic mass is 10.3. The second kappa shape index (κ2) is 7.04. The molecular formula is C11H16Cl2N2O2S2. The normalized spacial score (nSPS) is 13.5. The maximum atomic E-state index is 12.2. The summed E-state index contributed by atoms with van der Waals surface area (Å²) in [6.45, 7) is 1.80. The summed E-state index contributed by atoms with van der Waals surface area (Å²) < 4.78 is 27.0. The van der Waals surface area contributed by atoms with Crippen LogP contribution in [0, 0.1) is 0 Å². The molecule has 0 fully saturated rings. The molecule has 1 unspecified atom stereocenters. The zero-order valence-electron chi connectivity index (χ0n) is 10.6. The number of nitrogens with two attached hydrogens (primary N) is 1. The van der Waals surface area contributed by atoms with Gasteiger partial charge >= 0.3 is 0 Å². The minimum atomic E-state index is -3.74. The number of nitrogen functional groups attached to an aromatic ring is 1. The molecule has 0 bridgehead atoms. The van der Waals surface area contributed by atoms with Crippen LogP contribution in [0.15, 0.2) is 17.0 Å². The van der Waals surface area contributed by atoms with Gasteiger partial charge in [0.2, 0.25) is 10.0 Å². The van der Waals surface area contributed by atoms with Crippen molar-refractivity contribution in [2.45, 2.75) is 24.3 Å². The van der Waals surface area contributed by atoms with Gasteiger partial charge in [-0.15, -0.1) is 0 Å². The number of rotatable bonds is 6. The van der Waals surface area contributed by atoms with Gasteiger partial charge in [0.05, 0.1) is 10.7 Å². The summed E-state index contributed by atoms with van der Waals surface area (Å²) in [5.41, 5.74) is 5.74. The van der Waals surface area contributed by atoms with Gasteiger partial charge in [-0.25, -0.2) is 13.1 Å². The van der Waals surface area contributed by atoms with Crippen LogP contribution in [0.3, 0.4) is 0 Å². The number of hydrogen-bond acceptors (Lipinski definition) is 4. The summed E-state index contributed by atoms with van der Waals surface area (Å²) in [6.07, 6.45) is 2.70. The zero-order valence-corrected chi connectivity index (χ0v) is 13.8. The third kappa shape index (κ3) is 4.72. The summed E-state index contributed by atoms with van der Waals surface area (Å²) in [5, 5.41) is 0.325. The highest BCUT2D eigenvalue weighted by molar-refractivity contribution is 7.98. The topological polar surface area (TPSA) is 72.2 Å². The predicted octanol–water partition coefficient (Wildman–Crippen LogP) is 3.00. The van der Waals surface area contributed by atoms with Crippen LogP contribution in [0.1, 0.15) is 13.3 Å². The molecule has 0 radical (unpaired) electrons. The first kappa shape index (κ1) is 16.9. The first-order chi connectivity index (χ1) is 8.77. The predicted molar refractivity (Wildman–Crippen MR) is 83.7 cm³/mol. The average Bonchev–Trinajstić information content (AvgIpc) is 2.23. The second-order valence-electron chi connectivity index (χ2n) is 4.11. The van der Waals surface area contributed by atoms with Gasteiger partial charge in [0.25, 0.3) is 0 Å². The molecule has 0 aliphatic heterocycles. The standard InChI is InChI=1S/C11H16Cl2N2O2S2/c1-7(3-4-18-2)15-19(16,17)11-9(13)5-8(12)6-10(11)14/h5-7,15H,3-4,14H2,1-2H3. The first-order valence-corrected chi connectivity index (χ1v) is 9.17. The van der Waals surface area contributed by atoms with Crippen molar-refractivity contribution >= 4 is 50.7 Å². The number of anilines is 1. The van der Waals surface area contributed by atoms with E-state index in [4.69, 9.17) is 28.9 Å². The summed E-state index contributed by atoms with van der Waals surface area (Å²) in [5.74, 6) is 0.869. The molecule has 0 aromatic heterocycles. The van der Waals surface area contributed by atoms with E-state index in [1.165, 1.54) is 12.1 Å². The van der Waals surface area contributed by atoms with Gasteiger partial charge in [-0.05, 0) is 37.5 Å². The highest BCUT2D eigenvalue weighted by Gasteiger charge is 2.23. The maximum Gasteiger partial charge on any atom is 0.244 e. The Hall–Kier alpha value is -0.140. The van der Waals surface area contributed by atoms with Crippen molar-refractivity contribution in [2.75, 3.05) is 17.7 Å². The molecule has 0 heterocycles. The van der Waals surface area contributed by atoms with Gasteiger partial charge in [0.1, 0.15) is 4.90 Å². The van der Waals surface area contributed by atoms with Gasteiger partial charge in [0, 0.05) is 11.1 Å². The Balaban J connectivity index is 3.01. The Morgan fingerprint density at radius 2 is 2.05 bits per heavy atom. The minimum Gasteiger partial charge on any atom is -0.398 e. The first-order valence-electron chi connectivity index (χ1n) is 5.53. The van der Waals surface area contributed by atoms with Crippen molar-refractivity contribution in [3.63, 3.8) is 0 Å². The SMILES string of the molecule is CSCCC(C)NS(=O)(=O)c1c(N)cc(Cl)cc1Cl. The van der Waals surface area contributed by atoms with Gasteiger partial charge in [0.15, 0.2) is 0 Å². The molecule has 0 amide bonds. The minimum absolute atomic E-state index is 0.0227. The number of benzene rings is 1. The lowest BCUT2D eigenvalue weighted by Crippen LogP contribution is -2.33. The quantitative estimate of drug-likeness (QED) is 0.779. The molecule has 0 saturated carbocycles. The van der Waals surface area contributed by atoms with E-state index in [9.17, 15) is 8.42 Å². The van der Waals surface area contributed by atoms with Crippen LogP contribution in [0.5, 0.6) is 0 Å². The molecule has 19 heavy (non-hydrogen) atoms. The van der Waals surface area contributed by atoms with Crippen molar-refractivity contribution in [3.8, 4) is 0 Å². The van der Waals surface area contributed by atoms with Gasteiger partial charge in [-0.3, -0.25) is 0 Å². The molecule has 108 valence electrons. The van der Waals surface area contributed by atoms with E-state index in [-0.39, 0.29) is 21.6 Å². The summed E-state index contributed by atoms with van der Waals surface area (Å²) in [4.78, 5) is -0.116. The van der Waals surface area contributed by atoms with E-state index in [1.54, 1.807) is 18.7 Å². The van der Waals surface area contributed by atoms with Crippen LogP contribution in [0.2, 0.25) is 10.0 Å². The van der Waals surface area contributed by atoms with Crippen LogP contribution < -0.4 is 10.5 Å². The second-order valence-corrected chi connectivity index (χ2v) is 7.59. The Morgan fingerprint density at radius 3 is 2.58 bits per heavy atom. The van der Waals surface area contributed by atoms with Crippen LogP contribution in [-0.4, -0.2) is 26.5 Å². The Labute approximate surface area is 128 Å². The molecule has 0 spiro atoms. The zero-order chi connectivity index (χ0) is 14.6. The van der Waals surface area contributed by atoms with Crippen molar-refractivity contribution in [1.82, 2.24) is 4.72 Å². The molecule has 1 aromatic carbocycles. The van der Waals surface area contributed by atoms with Crippen LogP contribution in [-0.2, 0) is 10.0 Å². The highest BCUT2D eigenvalue weighted by atomic mass is 35.5. The van der Waals surface area contributed by atoms with Crippen LogP contribution in [0.4, 0.5) is 5.69 Å². The van der Waals surface area contributed by atoms with Gasteiger partial charge < -0.3 is 5.73 Å². The molecule has 1 aromatic rings. The molecule has 0 saturated heterocycles. The van der Waals surface area contributed by atoms with E-state index >= 15 is 0 Å². The Morgan fingerprint density at radius 1 is 1.42 bits per heavy atom. The summed E-state index contributed by atoms with van der Waals surface area (Å²) >= 11 is 13.3. The van der Waals surface area contributed by atoms with E-state index in [0.717, 1.165) is 12.2 Å². The molecule has 1 rings (SSSR count). The number of nitrogens with one attached hydrogen (secondary N) is 1. The van der Waals surface area contributed by atoms with Crippen molar-refractivity contribution in [3.05, 3.63) is 22.2 Å². The van der Waals surface area contributed by atoms with E-state index in [0.29, 0.717) is 5.02 Å². The van der Waals surface area contributed by atoms with E-state index in [2.05, 4.69) is 4.72 Å². The fourth-order valence-corrected chi connectivity index (χ4v) is 4.39. The average molecular weight is 343 g/mol. The molecule has 8 heteroatoms. The summed E-state index contributed by atoms with van der Waals surface area (Å²) in [7, 11) is -3.74. The third-order valence-electron chi connectivity index (χ3n) is 2.42. The Bertz CT molecular complexity index is 527. The number of thioether (sulfide) groups is 1. The molecular weight excluding hydrogens is 327 g/mol. The monoisotopic (exact) mass is 342 g/mol. The molecule has 4 nitrogen and oxygen atoms in total. The fourth-order valence-electron chi connectivity index (χ4n) is 1.54. The molecule has 1 atom stereocenters. The smallest absolute Gasteiger partial charge is 0.244 e. The van der Waals surface area contributed by atoms with Crippen molar-refractivity contribution in [2.24, 2.45) is 0 Å². The van der Waals surface area contributed by atoms with E-state index < -0.39 is 10.0 Å². The number of sulfonamides is 1. The van der Waals surface area contributed by atoms with Crippen LogP contribution in [0.25, 0.3) is 0 Å². The fraction of sp³-hybridized carbons (Fsp3) is 0.455. The Kier molecular flexibility index (Phi) is 6.26. The van der Waals surface area contributed by atoms with E-state index in [1.807, 2.05) is 6.26 Å². The largest absolute Gasteiger partial charge is 0.398 e. The highest BCUT2D eigenvalue weighted by Crippen LogP contribution is 2.31. The molecule has 3 N–H and O–H groups in total. The van der Waals surface area contributed by atoms with Gasteiger partial charge in [-0.2, -0.15) is 11.8 Å².